The molecule has 0 saturated carbocycles. The molecule has 5 heterocycles. The average Bonchev–Trinajstić information content (AvgIpc) is 3.48. The number of aromatic nitrogens is 2. The van der Waals surface area contributed by atoms with Gasteiger partial charge >= 0.3 is 0 Å². The first-order valence-electron chi connectivity index (χ1n) is 13.4. The first-order valence-corrected chi connectivity index (χ1v) is 13.4. The Bertz CT molecular complexity index is 1930. The van der Waals surface area contributed by atoms with E-state index in [0.29, 0.717) is 0 Å². The fourth-order valence-electron chi connectivity index (χ4n) is 6.63. The number of nitrogens with zero attached hydrogens (tertiary/aromatic N) is 4. The van der Waals surface area contributed by atoms with Gasteiger partial charge in [0, 0.05) is 41.2 Å². The third-order valence-electron chi connectivity index (χ3n) is 8.58. The van der Waals surface area contributed by atoms with Gasteiger partial charge in [-0.1, -0.05) is 30.3 Å². The first-order chi connectivity index (χ1) is 19.0. The summed E-state index contributed by atoms with van der Waals surface area (Å²) in [7, 11) is 2.30. The molecule has 39 heavy (non-hydrogen) atoms. The molecule has 1 saturated heterocycles. The first kappa shape index (κ1) is 22.5. The summed E-state index contributed by atoms with van der Waals surface area (Å²) in [4.78, 5) is 4.65. The van der Waals surface area contributed by atoms with Crippen LogP contribution in [0.4, 0.5) is 17.1 Å². The minimum Gasteiger partial charge on any atom is -0.457 e. The van der Waals surface area contributed by atoms with Crippen LogP contribution in [0.15, 0.2) is 103 Å². The van der Waals surface area contributed by atoms with Gasteiger partial charge in [-0.25, -0.2) is 4.98 Å². The molecule has 6 aromatic rings. The van der Waals surface area contributed by atoms with Crippen molar-refractivity contribution in [1.82, 2.24) is 18.5 Å². The van der Waals surface area contributed by atoms with Crippen LogP contribution >= 0.6 is 0 Å². The maximum absolute atomic E-state index is 6.53. The maximum atomic E-state index is 6.53. The summed E-state index contributed by atoms with van der Waals surface area (Å²) in [5, 5.41) is 2.39. The van der Waals surface area contributed by atoms with Gasteiger partial charge in [0.15, 0.2) is 18.0 Å². The quantitative estimate of drug-likeness (QED) is 0.177. The molecule has 3 aliphatic rings. The minimum absolute atomic E-state index is 0.761. The van der Waals surface area contributed by atoms with Gasteiger partial charge in [-0.3, -0.25) is 9.05 Å². The lowest BCUT2D eigenvalue weighted by atomic mass is 10.1. The van der Waals surface area contributed by atoms with Crippen LogP contribution in [0.5, 0.6) is 11.5 Å². The highest BCUT2D eigenvalue weighted by molar-refractivity contribution is 6.09. The van der Waals surface area contributed by atoms with Gasteiger partial charge in [-0.05, 0) is 67.4 Å². The SMILES string of the molecule is Cc1cc2c(cc1C)[N@@+]1(C)[CH-][N@+]2(c2cccc(Oc3ccc4c5ccccc5n(-c5ccccn5)c4c3)c2)C1. The van der Waals surface area contributed by atoms with Crippen LogP contribution in [0.25, 0.3) is 27.6 Å². The molecule has 0 unspecified atom stereocenters. The van der Waals surface area contributed by atoms with Gasteiger partial charge in [0.05, 0.1) is 24.7 Å². The van der Waals surface area contributed by atoms with E-state index < -0.39 is 0 Å². The Morgan fingerprint density at radius 1 is 0.744 bits per heavy atom. The molecule has 2 aromatic heterocycles. The molecule has 9 rings (SSSR count). The highest BCUT2D eigenvalue weighted by Gasteiger charge is 2.59. The van der Waals surface area contributed by atoms with Crippen LogP contribution in [0.3, 0.4) is 0 Å². The largest absolute Gasteiger partial charge is 0.457 e. The second-order valence-electron chi connectivity index (χ2n) is 11.1. The fourth-order valence-corrected chi connectivity index (χ4v) is 6.63. The molecule has 0 N–H and O–H groups in total. The zero-order valence-corrected chi connectivity index (χ0v) is 22.3. The Labute approximate surface area is 227 Å². The lowest BCUT2D eigenvalue weighted by Crippen LogP contribution is -2.68. The van der Waals surface area contributed by atoms with Crippen molar-refractivity contribution in [1.29, 1.82) is 0 Å². The van der Waals surface area contributed by atoms with Crippen molar-refractivity contribution in [3.63, 3.8) is 0 Å². The van der Waals surface area contributed by atoms with E-state index >= 15 is 0 Å². The number of hydrogen-bond donors (Lipinski definition) is 0. The number of hydrogen-bond acceptors (Lipinski definition) is 2. The fraction of sp³-hybridized carbons (Fsp3) is 0.118. The van der Waals surface area contributed by atoms with Crippen LogP contribution in [-0.4, -0.2) is 23.3 Å². The van der Waals surface area contributed by atoms with Crippen LogP contribution in [0, 0.1) is 20.5 Å². The van der Waals surface area contributed by atoms with Crippen molar-refractivity contribution in [2.75, 3.05) is 13.7 Å². The van der Waals surface area contributed by atoms with Crippen LogP contribution in [-0.2, 0) is 0 Å². The molecule has 0 spiro atoms. The standard InChI is InChI=1S/C34H29N4O/c1-23-17-32-33(18-24(23)2)38(21-37(32,3)22-38)25-9-8-10-26(19-25)39-27-14-15-29-28-11-4-5-12-30(28)36(31(29)20-27)34-13-6-7-16-35-34/h4-21H,22H2,1-3H3/q+1/t37-,38+/m0/s1. The number of rotatable bonds is 4. The van der Waals surface area contributed by atoms with Crippen molar-refractivity contribution in [2.45, 2.75) is 13.8 Å². The van der Waals surface area contributed by atoms with Gasteiger partial charge in [0.2, 0.25) is 0 Å². The molecule has 3 aliphatic heterocycles. The number of ether oxygens (including phenoxy) is 1. The molecule has 190 valence electrons. The number of benzene rings is 4. The summed E-state index contributed by atoms with van der Waals surface area (Å²) < 4.78 is 10.4. The number of pyridine rings is 1. The molecular weight excluding hydrogens is 480 g/mol. The van der Waals surface area contributed by atoms with Crippen molar-refractivity contribution in [2.24, 2.45) is 0 Å². The molecule has 2 atom stereocenters. The predicted molar refractivity (Wildman–Crippen MR) is 159 cm³/mol. The van der Waals surface area contributed by atoms with E-state index in [1.807, 2.05) is 30.5 Å². The summed E-state index contributed by atoms with van der Waals surface area (Å²) in [6, 6.07) is 34.2. The number of aryl methyl sites for hydroxylation is 2. The lowest BCUT2D eigenvalue weighted by molar-refractivity contribution is 0.157. The van der Waals surface area contributed by atoms with E-state index in [9.17, 15) is 0 Å². The van der Waals surface area contributed by atoms with Crippen LogP contribution in [0.1, 0.15) is 11.1 Å². The minimum atomic E-state index is 0.761. The van der Waals surface area contributed by atoms with E-state index in [4.69, 9.17) is 4.74 Å². The molecule has 0 aliphatic carbocycles. The number of fused-ring (bicyclic) bond motifs is 3. The van der Waals surface area contributed by atoms with E-state index in [2.05, 4.69) is 110 Å². The summed E-state index contributed by atoms with van der Waals surface area (Å²) in [6.07, 6.45) is 1.84. The molecule has 5 heteroatoms. The Morgan fingerprint density at radius 2 is 1.49 bits per heavy atom. The molecule has 0 amide bonds. The number of quaternary nitrogens is 2. The third kappa shape index (κ3) is 3.11. The van der Waals surface area contributed by atoms with Crippen LogP contribution in [0.2, 0.25) is 0 Å². The normalized spacial score (nSPS) is 21.2. The lowest BCUT2D eigenvalue weighted by Gasteiger charge is -2.54. The summed E-state index contributed by atoms with van der Waals surface area (Å²) in [6.45, 7) is 7.84. The Hall–Kier alpha value is -4.45. The third-order valence-corrected chi connectivity index (χ3v) is 8.58. The molecule has 2 bridgehead atoms. The smallest absolute Gasteiger partial charge is 0.181 e. The zero-order valence-electron chi connectivity index (χ0n) is 22.3. The Balaban J connectivity index is 1.20. The molecule has 0 radical (unpaired) electrons. The predicted octanol–water partition coefficient (Wildman–Crippen LogP) is 8.27. The van der Waals surface area contributed by atoms with Gasteiger partial charge < -0.3 is 9.22 Å². The monoisotopic (exact) mass is 509 g/mol. The number of para-hydroxylation sites is 1. The van der Waals surface area contributed by atoms with Crippen molar-refractivity contribution in [3.8, 4) is 17.3 Å². The van der Waals surface area contributed by atoms with E-state index in [0.717, 1.165) is 44.0 Å². The summed E-state index contributed by atoms with van der Waals surface area (Å²) >= 11 is 0. The highest BCUT2D eigenvalue weighted by atomic mass is 16.5. The zero-order chi connectivity index (χ0) is 26.4. The maximum Gasteiger partial charge on any atom is 0.181 e. The highest BCUT2D eigenvalue weighted by Crippen LogP contribution is 2.61. The van der Waals surface area contributed by atoms with Crippen molar-refractivity contribution in [3.05, 3.63) is 121 Å². The summed E-state index contributed by atoms with van der Waals surface area (Å²) in [5.41, 5.74) is 8.90. The van der Waals surface area contributed by atoms with Crippen molar-refractivity contribution >= 4 is 38.9 Å². The van der Waals surface area contributed by atoms with Crippen molar-refractivity contribution < 1.29 is 4.74 Å². The molecule has 4 aromatic carbocycles. The molecule has 1 fully saturated rings. The Kier molecular flexibility index (Phi) is 4.50. The van der Waals surface area contributed by atoms with Crippen LogP contribution < -0.4 is 13.7 Å². The Morgan fingerprint density at radius 3 is 2.31 bits per heavy atom. The van der Waals surface area contributed by atoms with E-state index in [1.54, 1.807) is 0 Å². The molecular formula is C34H29N4O+. The van der Waals surface area contributed by atoms with Gasteiger partial charge in [0.25, 0.3) is 0 Å². The van der Waals surface area contributed by atoms with E-state index in [-0.39, 0.29) is 0 Å². The van der Waals surface area contributed by atoms with Gasteiger partial charge in [-0.2, -0.15) is 0 Å². The average molecular weight is 510 g/mol. The van der Waals surface area contributed by atoms with Gasteiger partial charge in [-0.15, -0.1) is 0 Å². The van der Waals surface area contributed by atoms with Gasteiger partial charge in [0.1, 0.15) is 23.0 Å². The second kappa shape index (κ2) is 7.79. The molecule has 5 nitrogen and oxygen atoms in total. The second-order valence-corrected chi connectivity index (χ2v) is 11.1. The summed E-state index contributed by atoms with van der Waals surface area (Å²) in [5.74, 6) is 2.54. The topological polar surface area (TPSA) is 27.1 Å². The van der Waals surface area contributed by atoms with E-state index in [1.165, 1.54) is 39.0 Å².